The number of nitrogens with zero attached hydrogens (tertiary/aromatic N) is 1. The zero-order valence-electron chi connectivity index (χ0n) is 13.0. The van der Waals surface area contributed by atoms with Gasteiger partial charge in [-0.15, -0.1) is 0 Å². The predicted octanol–water partition coefficient (Wildman–Crippen LogP) is 3.23. The summed E-state index contributed by atoms with van der Waals surface area (Å²) in [4.78, 5) is 2.73. The lowest BCUT2D eigenvalue weighted by Crippen LogP contribution is -2.47. The molecule has 0 aromatic heterocycles. The van der Waals surface area contributed by atoms with Gasteiger partial charge in [0, 0.05) is 36.7 Å². The molecule has 2 rings (SSSR count). The molecule has 2 nitrogen and oxygen atoms in total. The van der Waals surface area contributed by atoms with E-state index in [-0.39, 0.29) is 0 Å². The van der Waals surface area contributed by atoms with Crippen molar-refractivity contribution in [1.82, 2.24) is 10.2 Å². The summed E-state index contributed by atoms with van der Waals surface area (Å²) in [6, 6.07) is 0.762. The molecule has 0 radical (unpaired) electrons. The smallest absolute Gasteiger partial charge is 0.0147 e. The fraction of sp³-hybridized carbons (Fsp3) is 1.00. The Balaban J connectivity index is 1.86. The average Bonchev–Trinajstić information content (AvgIpc) is 2.39. The van der Waals surface area contributed by atoms with Gasteiger partial charge in [0.2, 0.25) is 0 Å². The van der Waals surface area contributed by atoms with Crippen molar-refractivity contribution in [3.8, 4) is 0 Å². The molecule has 1 saturated carbocycles. The first kappa shape index (κ1) is 15.7. The van der Waals surface area contributed by atoms with Crippen molar-refractivity contribution in [3.63, 3.8) is 0 Å². The fourth-order valence-electron chi connectivity index (χ4n) is 4.00. The van der Waals surface area contributed by atoms with Crippen LogP contribution in [0.3, 0.4) is 0 Å². The van der Waals surface area contributed by atoms with Crippen LogP contribution in [0.5, 0.6) is 0 Å². The van der Waals surface area contributed by atoms with Gasteiger partial charge in [0.1, 0.15) is 0 Å². The molecule has 0 aromatic carbocycles. The van der Waals surface area contributed by atoms with E-state index in [4.69, 9.17) is 0 Å². The third-order valence-corrected chi connectivity index (χ3v) is 6.11. The van der Waals surface area contributed by atoms with Crippen LogP contribution in [0.4, 0.5) is 0 Å². The molecule has 2 aliphatic rings. The van der Waals surface area contributed by atoms with Gasteiger partial charge < -0.3 is 10.2 Å². The molecule has 1 aliphatic heterocycles. The molecule has 0 bridgehead atoms. The normalized spacial score (nSPS) is 37.4. The summed E-state index contributed by atoms with van der Waals surface area (Å²) in [5.74, 6) is 3.21. The molecular formula is C16H32N2S. The fourth-order valence-corrected chi connectivity index (χ4v) is 5.08. The number of rotatable bonds is 5. The van der Waals surface area contributed by atoms with E-state index in [9.17, 15) is 0 Å². The van der Waals surface area contributed by atoms with E-state index < -0.39 is 0 Å². The predicted molar refractivity (Wildman–Crippen MR) is 86.9 cm³/mol. The number of nitrogens with one attached hydrogen (secondary N) is 1. The van der Waals surface area contributed by atoms with E-state index in [2.05, 4.69) is 42.9 Å². The quantitative estimate of drug-likeness (QED) is 0.834. The van der Waals surface area contributed by atoms with Gasteiger partial charge in [-0.05, 0) is 38.1 Å². The topological polar surface area (TPSA) is 15.3 Å². The van der Waals surface area contributed by atoms with Gasteiger partial charge >= 0.3 is 0 Å². The summed E-state index contributed by atoms with van der Waals surface area (Å²) in [6.45, 7) is 8.66. The molecule has 3 heteroatoms. The van der Waals surface area contributed by atoms with Crippen molar-refractivity contribution in [1.29, 1.82) is 0 Å². The molecule has 2 fully saturated rings. The third kappa shape index (κ3) is 4.64. The molecule has 0 spiro atoms. The van der Waals surface area contributed by atoms with Gasteiger partial charge in [-0.2, -0.15) is 11.8 Å². The lowest BCUT2D eigenvalue weighted by molar-refractivity contribution is 0.142. The summed E-state index contributed by atoms with van der Waals surface area (Å²) >= 11 is 2.14. The summed E-state index contributed by atoms with van der Waals surface area (Å²) in [5.41, 5.74) is 0. The van der Waals surface area contributed by atoms with E-state index in [1.54, 1.807) is 0 Å². The van der Waals surface area contributed by atoms with Crippen molar-refractivity contribution < 1.29 is 0 Å². The van der Waals surface area contributed by atoms with E-state index in [0.717, 1.165) is 23.1 Å². The number of hydrogen-bond acceptors (Lipinski definition) is 3. The Morgan fingerprint density at radius 2 is 2.16 bits per heavy atom. The number of hydrogen-bond donors (Lipinski definition) is 1. The molecule has 1 saturated heterocycles. The van der Waals surface area contributed by atoms with Crippen LogP contribution < -0.4 is 5.32 Å². The molecule has 1 heterocycles. The van der Waals surface area contributed by atoms with Crippen molar-refractivity contribution in [2.75, 3.05) is 32.4 Å². The van der Waals surface area contributed by atoms with Crippen molar-refractivity contribution in [2.45, 2.75) is 57.2 Å². The SMILES string of the molecule is CCCC1CCC(NC)C(CN2CCSC(C)C2)C1. The molecular weight excluding hydrogens is 252 g/mol. The van der Waals surface area contributed by atoms with Crippen LogP contribution in [0.15, 0.2) is 0 Å². The van der Waals surface area contributed by atoms with Crippen LogP contribution in [0.1, 0.15) is 46.0 Å². The largest absolute Gasteiger partial charge is 0.317 e. The zero-order valence-corrected chi connectivity index (χ0v) is 13.8. The highest BCUT2D eigenvalue weighted by atomic mass is 32.2. The minimum Gasteiger partial charge on any atom is -0.317 e. The monoisotopic (exact) mass is 284 g/mol. The Labute approximate surface area is 124 Å². The average molecular weight is 285 g/mol. The second kappa shape index (κ2) is 7.90. The van der Waals surface area contributed by atoms with Crippen LogP contribution in [0.25, 0.3) is 0 Å². The van der Waals surface area contributed by atoms with Crippen LogP contribution in [-0.4, -0.2) is 48.6 Å². The van der Waals surface area contributed by atoms with Gasteiger partial charge in [-0.3, -0.25) is 0 Å². The Morgan fingerprint density at radius 3 is 2.84 bits per heavy atom. The molecule has 1 N–H and O–H groups in total. The molecule has 0 aromatic rings. The third-order valence-electron chi connectivity index (χ3n) is 4.98. The molecule has 112 valence electrons. The zero-order chi connectivity index (χ0) is 13.7. The highest BCUT2D eigenvalue weighted by molar-refractivity contribution is 7.99. The first-order valence-corrected chi connectivity index (χ1v) is 9.29. The Kier molecular flexibility index (Phi) is 6.51. The van der Waals surface area contributed by atoms with E-state index in [1.807, 2.05) is 0 Å². The number of thioether (sulfide) groups is 1. The van der Waals surface area contributed by atoms with Gasteiger partial charge in [0.25, 0.3) is 0 Å². The van der Waals surface area contributed by atoms with Crippen LogP contribution in [0, 0.1) is 11.8 Å². The van der Waals surface area contributed by atoms with Crippen LogP contribution in [0.2, 0.25) is 0 Å². The summed E-state index contributed by atoms with van der Waals surface area (Å²) < 4.78 is 0. The van der Waals surface area contributed by atoms with Gasteiger partial charge in [0.05, 0.1) is 0 Å². The van der Waals surface area contributed by atoms with Gasteiger partial charge in [-0.25, -0.2) is 0 Å². The molecule has 4 unspecified atom stereocenters. The Morgan fingerprint density at radius 1 is 1.32 bits per heavy atom. The van der Waals surface area contributed by atoms with Crippen molar-refractivity contribution in [2.24, 2.45) is 11.8 Å². The summed E-state index contributed by atoms with van der Waals surface area (Å²) in [7, 11) is 2.16. The van der Waals surface area contributed by atoms with E-state index in [1.165, 1.54) is 57.5 Å². The van der Waals surface area contributed by atoms with Gasteiger partial charge in [-0.1, -0.05) is 26.7 Å². The summed E-state index contributed by atoms with van der Waals surface area (Å²) in [5, 5.41) is 4.42. The molecule has 4 atom stereocenters. The lowest BCUT2D eigenvalue weighted by Gasteiger charge is -2.40. The highest BCUT2D eigenvalue weighted by Crippen LogP contribution is 2.33. The lowest BCUT2D eigenvalue weighted by atomic mass is 9.76. The second-order valence-corrected chi connectivity index (χ2v) is 8.11. The van der Waals surface area contributed by atoms with E-state index in [0.29, 0.717) is 0 Å². The summed E-state index contributed by atoms with van der Waals surface area (Å²) in [6.07, 6.45) is 7.10. The van der Waals surface area contributed by atoms with Gasteiger partial charge in [0.15, 0.2) is 0 Å². The second-order valence-electron chi connectivity index (χ2n) is 6.56. The molecule has 1 aliphatic carbocycles. The minimum absolute atomic E-state index is 0.762. The molecule has 0 amide bonds. The van der Waals surface area contributed by atoms with Crippen LogP contribution in [-0.2, 0) is 0 Å². The van der Waals surface area contributed by atoms with Crippen molar-refractivity contribution in [3.05, 3.63) is 0 Å². The Hall–Kier alpha value is 0.270. The first-order valence-electron chi connectivity index (χ1n) is 8.24. The maximum absolute atomic E-state index is 3.59. The maximum Gasteiger partial charge on any atom is 0.0147 e. The first-order chi connectivity index (χ1) is 9.22. The minimum atomic E-state index is 0.762. The molecule has 19 heavy (non-hydrogen) atoms. The van der Waals surface area contributed by atoms with E-state index >= 15 is 0 Å². The standard InChI is InChI=1S/C16H32N2S/c1-4-5-14-6-7-16(17-3)15(10-14)12-18-8-9-19-13(2)11-18/h13-17H,4-12H2,1-3H3. The highest BCUT2D eigenvalue weighted by Gasteiger charge is 2.31. The van der Waals surface area contributed by atoms with Crippen molar-refractivity contribution >= 4 is 11.8 Å². The maximum atomic E-state index is 3.59. The Bertz CT molecular complexity index is 259. The van der Waals surface area contributed by atoms with Crippen LogP contribution >= 0.6 is 11.8 Å².